The zero-order valence-electron chi connectivity index (χ0n) is 20.1. The van der Waals surface area contributed by atoms with Crippen molar-refractivity contribution >= 4 is 24.4 Å². The Kier molecular flexibility index (Phi) is 7.67. The molecule has 0 spiro atoms. The van der Waals surface area contributed by atoms with Crippen LogP contribution in [-0.4, -0.2) is 52.3 Å². The van der Waals surface area contributed by atoms with Crippen molar-refractivity contribution in [3.05, 3.63) is 80.7 Å². The number of para-hydroxylation sites is 1. The Hall–Kier alpha value is -2.95. The molecule has 1 fully saturated rings. The van der Waals surface area contributed by atoms with Gasteiger partial charge >= 0.3 is 13.3 Å². The van der Waals surface area contributed by atoms with Gasteiger partial charge in [0.2, 0.25) is 0 Å². The van der Waals surface area contributed by atoms with Gasteiger partial charge in [0.25, 0.3) is 11.5 Å². The standard InChI is InChI=1S/C24H27FN3O7P/c1-4-33-36(32,34-5-2)21-14-18(35-26(21)3)15-27-20-9-7-6-8-19(20)23(30)28(24(27)31)22(29)16-10-12-17(25)13-11-16/h6-13,18,21H,4-5,14-15H2,1-3H3/t18-,21+/m0/s1. The predicted molar refractivity (Wildman–Crippen MR) is 130 cm³/mol. The number of nitrogens with zero attached hydrogens (tertiary/aromatic N) is 3. The normalized spacial score (nSPS) is 18.7. The monoisotopic (exact) mass is 519 g/mol. The molecule has 2 heterocycles. The van der Waals surface area contributed by atoms with Gasteiger partial charge in [-0.15, -0.1) is 0 Å². The summed E-state index contributed by atoms with van der Waals surface area (Å²) in [7, 11) is -1.92. The molecule has 36 heavy (non-hydrogen) atoms. The molecule has 0 bridgehead atoms. The van der Waals surface area contributed by atoms with Crippen molar-refractivity contribution in [2.24, 2.45) is 0 Å². The summed E-state index contributed by atoms with van der Waals surface area (Å²) in [4.78, 5) is 45.6. The summed E-state index contributed by atoms with van der Waals surface area (Å²) in [6.45, 7) is 3.77. The fourth-order valence-electron chi connectivity index (χ4n) is 4.34. The van der Waals surface area contributed by atoms with Gasteiger partial charge in [0.15, 0.2) is 0 Å². The average Bonchev–Trinajstić information content (AvgIpc) is 3.23. The number of rotatable bonds is 8. The molecule has 1 aliphatic rings. The summed E-state index contributed by atoms with van der Waals surface area (Å²) in [6.07, 6.45) is -0.401. The van der Waals surface area contributed by atoms with Gasteiger partial charge in [0.1, 0.15) is 11.6 Å². The SMILES string of the molecule is CCOP(=O)(OCC)[C@@H]1C[C@@H](Cn2c(=O)n(C(=O)c3ccc(F)cc3)c(=O)c3ccccc32)ON1C. The molecule has 4 rings (SSSR count). The molecule has 0 N–H and O–H groups in total. The Balaban J connectivity index is 1.75. The van der Waals surface area contributed by atoms with Crippen LogP contribution in [0, 0.1) is 5.82 Å². The highest BCUT2D eigenvalue weighted by molar-refractivity contribution is 7.54. The van der Waals surface area contributed by atoms with Crippen molar-refractivity contribution in [2.45, 2.75) is 38.7 Å². The fraction of sp³-hybridized carbons (Fsp3) is 0.375. The quantitative estimate of drug-likeness (QED) is 0.418. The van der Waals surface area contributed by atoms with E-state index in [-0.39, 0.29) is 37.1 Å². The summed E-state index contributed by atoms with van der Waals surface area (Å²) in [6, 6.07) is 11.0. The third-order valence-corrected chi connectivity index (χ3v) is 8.43. The second-order valence-corrected chi connectivity index (χ2v) is 10.4. The Morgan fingerprint density at radius 1 is 1.08 bits per heavy atom. The van der Waals surface area contributed by atoms with Crippen LogP contribution < -0.4 is 11.2 Å². The molecule has 0 aliphatic carbocycles. The Bertz CT molecular complexity index is 1430. The molecular formula is C24H27FN3O7P. The Morgan fingerprint density at radius 2 is 1.72 bits per heavy atom. The second kappa shape index (κ2) is 10.6. The van der Waals surface area contributed by atoms with Crippen molar-refractivity contribution in [2.75, 3.05) is 20.3 Å². The first-order valence-electron chi connectivity index (χ1n) is 11.5. The van der Waals surface area contributed by atoms with Gasteiger partial charge in [-0.2, -0.15) is 9.63 Å². The minimum atomic E-state index is -3.53. The van der Waals surface area contributed by atoms with Crippen LogP contribution in [0.3, 0.4) is 0 Å². The predicted octanol–water partition coefficient (Wildman–Crippen LogP) is 3.22. The smallest absolute Gasteiger partial charge is 0.308 e. The number of benzene rings is 2. The van der Waals surface area contributed by atoms with E-state index in [0.717, 1.165) is 12.1 Å². The molecule has 0 radical (unpaired) electrons. The van der Waals surface area contributed by atoms with Gasteiger partial charge in [-0.1, -0.05) is 12.1 Å². The molecule has 0 amide bonds. The maximum atomic E-state index is 13.5. The molecule has 2 aromatic carbocycles. The van der Waals surface area contributed by atoms with E-state index in [0.29, 0.717) is 10.1 Å². The summed E-state index contributed by atoms with van der Waals surface area (Å²) < 4.78 is 39.4. The topological polar surface area (TPSA) is 109 Å². The van der Waals surface area contributed by atoms with Crippen molar-refractivity contribution in [3.63, 3.8) is 0 Å². The molecule has 3 aromatic rings. The average molecular weight is 519 g/mol. The second-order valence-electron chi connectivity index (χ2n) is 8.23. The van der Waals surface area contributed by atoms with E-state index in [4.69, 9.17) is 13.9 Å². The van der Waals surface area contributed by atoms with Gasteiger partial charge in [-0.3, -0.25) is 23.6 Å². The van der Waals surface area contributed by atoms with Crippen molar-refractivity contribution in [3.8, 4) is 0 Å². The first-order chi connectivity index (χ1) is 17.2. The minimum Gasteiger partial charge on any atom is -0.308 e. The molecule has 1 saturated heterocycles. The van der Waals surface area contributed by atoms with Gasteiger partial charge in [0.05, 0.1) is 36.8 Å². The zero-order valence-corrected chi connectivity index (χ0v) is 21.0. The van der Waals surface area contributed by atoms with Gasteiger partial charge in [0, 0.05) is 19.0 Å². The van der Waals surface area contributed by atoms with Crippen LogP contribution in [0.15, 0.2) is 58.1 Å². The Labute approximate surface area is 206 Å². The molecule has 1 aromatic heterocycles. The van der Waals surface area contributed by atoms with Crippen LogP contribution >= 0.6 is 7.60 Å². The molecule has 2 atom stereocenters. The molecular weight excluding hydrogens is 492 g/mol. The highest BCUT2D eigenvalue weighted by atomic mass is 31.2. The first-order valence-corrected chi connectivity index (χ1v) is 13.1. The van der Waals surface area contributed by atoms with E-state index in [1.54, 1.807) is 39.1 Å². The number of hydrogen-bond donors (Lipinski definition) is 0. The van der Waals surface area contributed by atoms with Crippen molar-refractivity contribution in [1.82, 2.24) is 14.2 Å². The van der Waals surface area contributed by atoms with E-state index in [2.05, 4.69) is 0 Å². The summed E-state index contributed by atoms with van der Waals surface area (Å²) >= 11 is 0. The van der Waals surface area contributed by atoms with Crippen LogP contribution in [0.5, 0.6) is 0 Å². The van der Waals surface area contributed by atoms with E-state index < -0.39 is 42.5 Å². The van der Waals surface area contributed by atoms with Crippen LogP contribution in [0.4, 0.5) is 4.39 Å². The lowest BCUT2D eigenvalue weighted by atomic mass is 10.2. The van der Waals surface area contributed by atoms with Gasteiger partial charge in [-0.25, -0.2) is 9.18 Å². The highest BCUT2D eigenvalue weighted by Crippen LogP contribution is 2.57. The lowest BCUT2D eigenvalue weighted by molar-refractivity contribution is -0.138. The molecule has 1 aliphatic heterocycles. The lowest BCUT2D eigenvalue weighted by Gasteiger charge is -2.25. The maximum absolute atomic E-state index is 13.5. The van der Waals surface area contributed by atoms with Crippen LogP contribution in [0.1, 0.15) is 30.6 Å². The largest absolute Gasteiger partial charge is 0.350 e. The molecule has 12 heteroatoms. The van der Waals surface area contributed by atoms with Crippen LogP contribution in [-0.2, 0) is 25.0 Å². The maximum Gasteiger partial charge on any atom is 0.350 e. The molecule has 0 unspecified atom stereocenters. The van der Waals surface area contributed by atoms with Crippen LogP contribution in [0.2, 0.25) is 0 Å². The molecule has 192 valence electrons. The number of hydroxylamine groups is 2. The first kappa shape index (κ1) is 26.1. The number of carbonyl (C=O) groups excluding carboxylic acids is 1. The van der Waals surface area contributed by atoms with Gasteiger partial charge < -0.3 is 9.05 Å². The number of aromatic nitrogens is 2. The fourth-order valence-corrected chi connectivity index (χ4v) is 6.42. The van der Waals surface area contributed by atoms with E-state index in [1.165, 1.54) is 27.8 Å². The van der Waals surface area contributed by atoms with E-state index >= 15 is 0 Å². The van der Waals surface area contributed by atoms with Gasteiger partial charge in [-0.05, 0) is 50.2 Å². The zero-order chi connectivity index (χ0) is 26.0. The minimum absolute atomic E-state index is 0.0105. The number of fused-ring (bicyclic) bond motifs is 1. The third-order valence-electron chi connectivity index (χ3n) is 5.92. The van der Waals surface area contributed by atoms with Crippen molar-refractivity contribution < 1.29 is 27.6 Å². The summed E-state index contributed by atoms with van der Waals surface area (Å²) in [5, 5.41) is 1.56. The third kappa shape index (κ3) is 4.85. The van der Waals surface area contributed by atoms with E-state index in [1.807, 2.05) is 0 Å². The summed E-state index contributed by atoms with van der Waals surface area (Å²) in [5.74, 6) is -2.12. The molecule has 10 nitrogen and oxygen atoms in total. The van der Waals surface area contributed by atoms with E-state index in [9.17, 15) is 23.3 Å². The summed E-state index contributed by atoms with van der Waals surface area (Å²) in [5.41, 5.74) is -1.33. The lowest BCUT2D eigenvalue weighted by Crippen LogP contribution is -2.45. The number of carbonyl (C=O) groups is 1. The number of hydrogen-bond acceptors (Lipinski definition) is 8. The van der Waals surface area contributed by atoms with Crippen molar-refractivity contribution in [1.29, 1.82) is 0 Å². The molecule has 0 saturated carbocycles. The number of halogens is 1. The Morgan fingerprint density at radius 3 is 2.36 bits per heavy atom. The highest BCUT2D eigenvalue weighted by Gasteiger charge is 2.46. The van der Waals surface area contributed by atoms with Crippen LogP contribution in [0.25, 0.3) is 10.9 Å².